The van der Waals surface area contributed by atoms with Crippen LogP contribution in [0.4, 0.5) is 5.69 Å². The molecule has 21 heavy (non-hydrogen) atoms. The highest BCUT2D eigenvalue weighted by Gasteiger charge is 2.20. The van der Waals surface area contributed by atoms with Gasteiger partial charge >= 0.3 is 0 Å². The molecule has 1 aromatic rings. The zero-order valence-electron chi connectivity index (χ0n) is 13.0. The van der Waals surface area contributed by atoms with E-state index in [1.807, 2.05) is 19.1 Å². The first-order valence-corrected chi connectivity index (χ1v) is 9.54. The Morgan fingerprint density at radius 2 is 1.95 bits per heavy atom. The van der Waals surface area contributed by atoms with Crippen LogP contribution in [-0.2, 0) is 9.84 Å². The second-order valence-electron chi connectivity index (χ2n) is 5.60. The highest BCUT2D eigenvalue weighted by atomic mass is 32.2. The molecule has 0 aromatic heterocycles. The number of nitrogens with one attached hydrogen (secondary N) is 1. The molecule has 118 valence electrons. The van der Waals surface area contributed by atoms with E-state index >= 15 is 0 Å². The van der Waals surface area contributed by atoms with Crippen LogP contribution >= 0.6 is 0 Å². The molecule has 0 amide bonds. The summed E-state index contributed by atoms with van der Waals surface area (Å²) >= 11 is 0. The summed E-state index contributed by atoms with van der Waals surface area (Å²) in [5, 5.41) is 3.43. The fourth-order valence-electron chi connectivity index (χ4n) is 2.98. The van der Waals surface area contributed by atoms with Gasteiger partial charge in [-0.1, -0.05) is 6.92 Å². The number of sulfone groups is 1. The highest BCUT2D eigenvalue weighted by Crippen LogP contribution is 2.23. The normalized spacial score (nSPS) is 19.4. The summed E-state index contributed by atoms with van der Waals surface area (Å²) in [5.74, 6) is 0.219. The Balaban J connectivity index is 2.16. The second-order valence-corrected chi connectivity index (χ2v) is 7.71. The zero-order valence-corrected chi connectivity index (χ0v) is 13.8. The van der Waals surface area contributed by atoms with Crippen LogP contribution in [0, 0.1) is 0 Å². The summed E-state index contributed by atoms with van der Waals surface area (Å²) in [6, 6.07) is 7.89. The largest absolute Gasteiger partial charge is 0.368 e. The maximum atomic E-state index is 12.1. The van der Waals surface area contributed by atoms with E-state index in [4.69, 9.17) is 0 Å². The van der Waals surface area contributed by atoms with Gasteiger partial charge < -0.3 is 10.2 Å². The summed E-state index contributed by atoms with van der Waals surface area (Å²) in [6.45, 7) is 7.08. The van der Waals surface area contributed by atoms with E-state index in [0.717, 1.165) is 25.3 Å². The molecule has 0 aliphatic carbocycles. The lowest BCUT2D eigenvalue weighted by Gasteiger charge is -2.35. The van der Waals surface area contributed by atoms with Gasteiger partial charge in [-0.05, 0) is 57.0 Å². The first kappa shape index (κ1) is 16.3. The number of anilines is 1. The van der Waals surface area contributed by atoms with Crippen LogP contribution in [0.3, 0.4) is 0 Å². The fraction of sp³-hybridized carbons (Fsp3) is 0.625. The van der Waals surface area contributed by atoms with Gasteiger partial charge in [-0.2, -0.15) is 0 Å². The van der Waals surface area contributed by atoms with Gasteiger partial charge in [0, 0.05) is 24.8 Å². The van der Waals surface area contributed by atoms with E-state index in [1.165, 1.54) is 12.8 Å². The first-order chi connectivity index (χ1) is 10.1. The minimum atomic E-state index is -3.12. The maximum Gasteiger partial charge on any atom is 0.178 e. The van der Waals surface area contributed by atoms with E-state index in [-0.39, 0.29) is 5.75 Å². The van der Waals surface area contributed by atoms with Crippen molar-refractivity contribution >= 4 is 15.5 Å². The lowest BCUT2D eigenvalue weighted by atomic mass is 10.1. The molecule has 0 radical (unpaired) electrons. The van der Waals surface area contributed by atoms with Crippen molar-refractivity contribution in [1.29, 1.82) is 0 Å². The fourth-order valence-corrected chi connectivity index (χ4v) is 4.31. The molecule has 1 aliphatic heterocycles. The topological polar surface area (TPSA) is 49.4 Å². The molecule has 0 bridgehead atoms. The smallest absolute Gasteiger partial charge is 0.178 e. The van der Waals surface area contributed by atoms with Crippen molar-refractivity contribution < 1.29 is 8.42 Å². The number of rotatable bonds is 6. The monoisotopic (exact) mass is 310 g/mol. The molecule has 0 spiro atoms. The minimum absolute atomic E-state index is 0.219. The predicted octanol–water partition coefficient (Wildman–Crippen LogP) is 2.45. The molecule has 2 rings (SSSR count). The van der Waals surface area contributed by atoms with Crippen molar-refractivity contribution in [3.8, 4) is 0 Å². The molecule has 4 nitrogen and oxygen atoms in total. The predicted molar refractivity (Wildman–Crippen MR) is 87.7 cm³/mol. The number of hydrogen-bond donors (Lipinski definition) is 1. The molecule has 1 N–H and O–H groups in total. The van der Waals surface area contributed by atoms with Crippen LogP contribution in [0.15, 0.2) is 29.2 Å². The Morgan fingerprint density at radius 3 is 2.48 bits per heavy atom. The number of hydrogen-bond acceptors (Lipinski definition) is 4. The molecule has 1 unspecified atom stereocenters. The molecule has 1 saturated heterocycles. The van der Waals surface area contributed by atoms with Gasteiger partial charge in [0.2, 0.25) is 0 Å². The van der Waals surface area contributed by atoms with Crippen molar-refractivity contribution in [2.45, 2.75) is 44.0 Å². The third kappa shape index (κ3) is 3.98. The Bertz CT molecular complexity index is 534. The van der Waals surface area contributed by atoms with Gasteiger partial charge in [-0.3, -0.25) is 0 Å². The average Bonchev–Trinajstić information content (AvgIpc) is 2.50. The van der Waals surface area contributed by atoms with Crippen LogP contribution in [0.1, 0.15) is 33.1 Å². The molecule has 1 aliphatic rings. The summed E-state index contributed by atoms with van der Waals surface area (Å²) in [7, 11) is -3.12. The number of benzene rings is 1. The Morgan fingerprint density at radius 1 is 1.24 bits per heavy atom. The van der Waals surface area contributed by atoms with Crippen molar-refractivity contribution in [2.75, 3.05) is 30.3 Å². The Kier molecular flexibility index (Phi) is 5.65. The van der Waals surface area contributed by atoms with Gasteiger partial charge in [0.05, 0.1) is 10.6 Å². The molecule has 5 heteroatoms. The summed E-state index contributed by atoms with van der Waals surface area (Å²) in [5.41, 5.74) is 1.11. The van der Waals surface area contributed by atoms with E-state index in [0.29, 0.717) is 17.4 Å². The van der Waals surface area contributed by atoms with Crippen LogP contribution in [0.5, 0.6) is 0 Å². The van der Waals surface area contributed by atoms with Crippen LogP contribution in [-0.4, -0.2) is 39.8 Å². The van der Waals surface area contributed by atoms with Crippen molar-refractivity contribution in [3.63, 3.8) is 0 Å². The first-order valence-electron chi connectivity index (χ1n) is 7.88. The summed E-state index contributed by atoms with van der Waals surface area (Å²) in [4.78, 5) is 2.80. The zero-order chi connectivity index (χ0) is 15.3. The van der Waals surface area contributed by atoms with Crippen LogP contribution in [0.2, 0.25) is 0 Å². The lowest BCUT2D eigenvalue weighted by molar-refractivity contribution is 0.435. The van der Waals surface area contributed by atoms with Crippen LogP contribution in [0.25, 0.3) is 0 Å². The highest BCUT2D eigenvalue weighted by molar-refractivity contribution is 7.91. The molecular weight excluding hydrogens is 284 g/mol. The molecule has 1 aromatic carbocycles. The lowest BCUT2D eigenvalue weighted by Crippen LogP contribution is -2.46. The second kappa shape index (κ2) is 7.27. The minimum Gasteiger partial charge on any atom is -0.368 e. The van der Waals surface area contributed by atoms with Gasteiger partial charge in [0.1, 0.15) is 0 Å². The van der Waals surface area contributed by atoms with E-state index < -0.39 is 9.84 Å². The number of piperidine rings is 1. The molecule has 0 saturated carbocycles. The van der Waals surface area contributed by atoms with Crippen molar-refractivity contribution in [1.82, 2.24) is 5.32 Å². The third-order valence-corrected chi connectivity index (χ3v) is 5.99. The third-order valence-electron chi connectivity index (χ3n) is 4.05. The van der Waals surface area contributed by atoms with Gasteiger partial charge in [0.15, 0.2) is 9.84 Å². The van der Waals surface area contributed by atoms with Gasteiger partial charge in [-0.15, -0.1) is 0 Å². The SMILES string of the molecule is CCCS(=O)(=O)c1ccc(N(CC)C2CCCNC2)cc1. The molecule has 1 fully saturated rings. The summed E-state index contributed by atoms with van der Waals surface area (Å²) in [6.07, 6.45) is 3.04. The van der Waals surface area contributed by atoms with Crippen molar-refractivity contribution in [3.05, 3.63) is 24.3 Å². The maximum absolute atomic E-state index is 12.1. The molecular formula is C16H26N2O2S. The van der Waals surface area contributed by atoms with E-state index in [9.17, 15) is 8.42 Å². The van der Waals surface area contributed by atoms with Gasteiger partial charge in [0.25, 0.3) is 0 Å². The molecule has 1 atom stereocenters. The quantitative estimate of drug-likeness (QED) is 0.877. The van der Waals surface area contributed by atoms with E-state index in [2.05, 4.69) is 17.1 Å². The van der Waals surface area contributed by atoms with Gasteiger partial charge in [-0.25, -0.2) is 8.42 Å². The number of nitrogens with zero attached hydrogens (tertiary/aromatic N) is 1. The molecule has 1 heterocycles. The Hall–Kier alpha value is -1.07. The van der Waals surface area contributed by atoms with E-state index in [1.54, 1.807) is 12.1 Å². The Labute approximate surface area is 128 Å². The summed E-state index contributed by atoms with van der Waals surface area (Å²) < 4.78 is 24.1. The number of likely N-dealkylation sites (N-methyl/N-ethyl adjacent to an activating group) is 1. The van der Waals surface area contributed by atoms with Crippen LogP contribution < -0.4 is 10.2 Å². The standard InChI is InChI=1S/C16H26N2O2S/c1-3-12-21(19,20)16-9-7-14(8-10-16)18(4-2)15-6-5-11-17-13-15/h7-10,15,17H,3-6,11-13H2,1-2H3. The average molecular weight is 310 g/mol. The van der Waals surface area contributed by atoms with Crippen molar-refractivity contribution in [2.24, 2.45) is 0 Å².